The van der Waals surface area contributed by atoms with Gasteiger partial charge < -0.3 is 5.32 Å². The fraction of sp³-hybridized carbons (Fsp3) is 0.462. The molecule has 0 saturated heterocycles. The zero-order valence-corrected chi connectivity index (χ0v) is 11.1. The lowest BCUT2D eigenvalue weighted by atomic mass is 10.1. The van der Waals surface area contributed by atoms with Gasteiger partial charge in [0, 0.05) is 12.7 Å². The molecule has 0 fully saturated rings. The summed E-state index contributed by atoms with van der Waals surface area (Å²) in [5, 5.41) is 7.69. The van der Waals surface area contributed by atoms with Crippen LogP contribution in [0.2, 0.25) is 0 Å². The van der Waals surface area contributed by atoms with Gasteiger partial charge in [-0.2, -0.15) is 5.10 Å². The second kappa shape index (κ2) is 5.73. The molecule has 0 spiro atoms. The molecule has 1 N–H and O–H groups in total. The standard InChI is InChI=1S/C13H19N5/c1-4-14-7-11-8-16-13(9-15-11)18-6-5-12(17-18)10(2)3/h5-6,8-10,14H,4,7H2,1-3H3. The molecule has 18 heavy (non-hydrogen) atoms. The average molecular weight is 245 g/mol. The monoisotopic (exact) mass is 245 g/mol. The fourth-order valence-electron chi connectivity index (χ4n) is 1.58. The van der Waals surface area contributed by atoms with Crippen LogP contribution in [0.5, 0.6) is 0 Å². The molecule has 0 aliphatic heterocycles. The Bertz CT molecular complexity index is 486. The third-order valence-electron chi connectivity index (χ3n) is 2.68. The van der Waals surface area contributed by atoms with E-state index in [4.69, 9.17) is 0 Å². The Labute approximate surface area is 107 Å². The Morgan fingerprint density at radius 3 is 2.67 bits per heavy atom. The minimum absolute atomic E-state index is 0.423. The Kier molecular flexibility index (Phi) is 4.04. The molecule has 0 aliphatic carbocycles. The minimum atomic E-state index is 0.423. The van der Waals surface area contributed by atoms with Gasteiger partial charge in [-0.15, -0.1) is 0 Å². The van der Waals surface area contributed by atoms with Gasteiger partial charge in [0.05, 0.1) is 23.8 Å². The molecular weight excluding hydrogens is 226 g/mol. The summed E-state index contributed by atoms with van der Waals surface area (Å²) in [6.45, 7) is 8.00. The van der Waals surface area contributed by atoms with Crippen molar-refractivity contribution in [3.63, 3.8) is 0 Å². The van der Waals surface area contributed by atoms with Crippen molar-refractivity contribution in [3.05, 3.63) is 36.0 Å². The highest BCUT2D eigenvalue weighted by molar-refractivity contribution is 5.19. The molecule has 0 aromatic carbocycles. The van der Waals surface area contributed by atoms with Crippen LogP contribution >= 0.6 is 0 Å². The number of nitrogens with zero attached hydrogens (tertiary/aromatic N) is 4. The molecule has 5 heteroatoms. The van der Waals surface area contributed by atoms with E-state index in [-0.39, 0.29) is 0 Å². The lowest BCUT2D eigenvalue weighted by Gasteiger charge is -2.03. The summed E-state index contributed by atoms with van der Waals surface area (Å²) < 4.78 is 1.76. The molecule has 2 aromatic heterocycles. The average Bonchev–Trinajstić information content (AvgIpc) is 2.87. The van der Waals surface area contributed by atoms with Crippen molar-refractivity contribution in [1.82, 2.24) is 25.1 Å². The molecule has 0 atom stereocenters. The predicted molar refractivity (Wildman–Crippen MR) is 70.6 cm³/mol. The van der Waals surface area contributed by atoms with Crippen LogP contribution in [0.1, 0.15) is 38.1 Å². The maximum absolute atomic E-state index is 4.47. The zero-order chi connectivity index (χ0) is 13.0. The molecule has 0 bridgehead atoms. The van der Waals surface area contributed by atoms with Crippen molar-refractivity contribution in [3.8, 4) is 5.82 Å². The van der Waals surface area contributed by atoms with E-state index in [1.165, 1.54) is 0 Å². The number of nitrogens with one attached hydrogen (secondary N) is 1. The van der Waals surface area contributed by atoms with Gasteiger partial charge in [0.25, 0.3) is 0 Å². The largest absolute Gasteiger partial charge is 0.311 e. The van der Waals surface area contributed by atoms with E-state index >= 15 is 0 Å². The van der Waals surface area contributed by atoms with Crippen molar-refractivity contribution >= 4 is 0 Å². The van der Waals surface area contributed by atoms with Crippen LogP contribution in [0.3, 0.4) is 0 Å². The molecule has 0 unspecified atom stereocenters. The highest BCUT2D eigenvalue weighted by Crippen LogP contribution is 2.12. The molecule has 5 nitrogen and oxygen atoms in total. The molecular formula is C13H19N5. The summed E-state index contributed by atoms with van der Waals surface area (Å²) in [5.74, 6) is 1.18. The Morgan fingerprint density at radius 2 is 2.11 bits per heavy atom. The number of rotatable bonds is 5. The van der Waals surface area contributed by atoms with Gasteiger partial charge in [-0.25, -0.2) is 9.67 Å². The first kappa shape index (κ1) is 12.7. The van der Waals surface area contributed by atoms with Crippen LogP contribution < -0.4 is 5.32 Å². The van der Waals surface area contributed by atoms with Crippen LogP contribution in [-0.4, -0.2) is 26.3 Å². The van der Waals surface area contributed by atoms with Gasteiger partial charge in [-0.3, -0.25) is 4.98 Å². The Morgan fingerprint density at radius 1 is 1.28 bits per heavy atom. The zero-order valence-electron chi connectivity index (χ0n) is 11.1. The van der Waals surface area contributed by atoms with Gasteiger partial charge >= 0.3 is 0 Å². The number of hydrogen-bond acceptors (Lipinski definition) is 4. The summed E-state index contributed by atoms with van der Waals surface area (Å²) in [7, 11) is 0. The van der Waals surface area contributed by atoms with E-state index in [0.717, 1.165) is 30.3 Å². The lowest BCUT2D eigenvalue weighted by Crippen LogP contribution is -2.13. The van der Waals surface area contributed by atoms with Gasteiger partial charge in [0.15, 0.2) is 5.82 Å². The van der Waals surface area contributed by atoms with Crippen LogP contribution in [0.4, 0.5) is 0 Å². The van der Waals surface area contributed by atoms with Crippen molar-refractivity contribution < 1.29 is 0 Å². The molecule has 0 aliphatic rings. The van der Waals surface area contributed by atoms with Gasteiger partial charge in [-0.05, 0) is 18.5 Å². The third-order valence-corrected chi connectivity index (χ3v) is 2.68. The van der Waals surface area contributed by atoms with Crippen LogP contribution in [0.25, 0.3) is 5.82 Å². The maximum Gasteiger partial charge on any atom is 0.171 e. The predicted octanol–water partition coefficient (Wildman–Crippen LogP) is 1.90. The molecule has 2 heterocycles. The van der Waals surface area contributed by atoms with E-state index in [2.05, 4.69) is 41.2 Å². The summed E-state index contributed by atoms with van der Waals surface area (Å²) in [6, 6.07) is 2.01. The maximum atomic E-state index is 4.47. The van der Waals surface area contributed by atoms with Crippen molar-refractivity contribution in [2.24, 2.45) is 0 Å². The molecule has 2 rings (SSSR count). The second-order valence-corrected chi connectivity index (χ2v) is 4.49. The van der Waals surface area contributed by atoms with E-state index in [9.17, 15) is 0 Å². The number of hydrogen-bond donors (Lipinski definition) is 1. The fourth-order valence-corrected chi connectivity index (χ4v) is 1.58. The lowest BCUT2D eigenvalue weighted by molar-refractivity contribution is 0.701. The van der Waals surface area contributed by atoms with Crippen molar-refractivity contribution in [2.75, 3.05) is 6.54 Å². The van der Waals surface area contributed by atoms with Crippen LogP contribution in [0.15, 0.2) is 24.7 Å². The molecule has 0 radical (unpaired) electrons. The van der Waals surface area contributed by atoms with Gasteiger partial charge in [-0.1, -0.05) is 20.8 Å². The topological polar surface area (TPSA) is 55.6 Å². The first-order valence-electron chi connectivity index (χ1n) is 6.28. The minimum Gasteiger partial charge on any atom is -0.311 e. The van der Waals surface area contributed by atoms with Crippen molar-refractivity contribution in [2.45, 2.75) is 33.2 Å². The molecule has 0 amide bonds. The third kappa shape index (κ3) is 2.92. The van der Waals surface area contributed by atoms with E-state index in [1.807, 2.05) is 12.3 Å². The van der Waals surface area contributed by atoms with E-state index in [1.54, 1.807) is 17.1 Å². The molecule has 96 valence electrons. The summed E-state index contributed by atoms with van der Waals surface area (Å²) >= 11 is 0. The smallest absolute Gasteiger partial charge is 0.171 e. The SMILES string of the molecule is CCNCc1cnc(-n2ccc(C(C)C)n2)cn1. The second-order valence-electron chi connectivity index (χ2n) is 4.49. The summed E-state index contributed by atoms with van der Waals surface area (Å²) in [5.41, 5.74) is 2.00. The van der Waals surface area contributed by atoms with Crippen LogP contribution in [0, 0.1) is 0 Å². The first-order valence-corrected chi connectivity index (χ1v) is 6.28. The van der Waals surface area contributed by atoms with Gasteiger partial charge in [0.1, 0.15) is 0 Å². The van der Waals surface area contributed by atoms with E-state index in [0.29, 0.717) is 5.92 Å². The van der Waals surface area contributed by atoms with Crippen molar-refractivity contribution in [1.29, 1.82) is 0 Å². The highest BCUT2D eigenvalue weighted by Gasteiger charge is 2.05. The summed E-state index contributed by atoms with van der Waals surface area (Å²) in [6.07, 6.45) is 5.46. The summed E-state index contributed by atoms with van der Waals surface area (Å²) in [4.78, 5) is 8.73. The Hall–Kier alpha value is -1.75. The Balaban J connectivity index is 2.12. The quantitative estimate of drug-likeness (QED) is 0.874. The van der Waals surface area contributed by atoms with Crippen LogP contribution in [-0.2, 0) is 6.54 Å². The van der Waals surface area contributed by atoms with E-state index < -0.39 is 0 Å². The molecule has 2 aromatic rings. The number of aromatic nitrogens is 4. The molecule has 0 saturated carbocycles. The first-order chi connectivity index (χ1) is 8.70. The highest BCUT2D eigenvalue weighted by atomic mass is 15.3. The van der Waals surface area contributed by atoms with Gasteiger partial charge in [0.2, 0.25) is 0 Å². The normalized spacial score (nSPS) is 11.1.